The van der Waals surface area contributed by atoms with E-state index in [9.17, 15) is 4.79 Å². The number of carbonyl (C=O) groups excluding carboxylic acids is 1. The van der Waals surface area contributed by atoms with Gasteiger partial charge < -0.3 is 19.4 Å². The number of hydrogen-bond donors (Lipinski definition) is 0. The standard InChI is InChI=1S/C24H31N5O2/c1-31-20-8-4-3-7-19(20)24(11-12-24)23(30)29-17-15-28(16-18-29)22-10-9-21(25-26-22)27-13-5-2-6-14-27/h3-4,7-10H,2,5-6,11-18H2,1H3. The minimum atomic E-state index is -0.398. The molecular weight excluding hydrogens is 390 g/mol. The number of ether oxygens (including phenoxy) is 1. The van der Waals surface area contributed by atoms with Crippen molar-refractivity contribution in [3.05, 3.63) is 42.0 Å². The van der Waals surface area contributed by atoms with E-state index in [1.807, 2.05) is 29.2 Å². The molecule has 1 aromatic carbocycles. The van der Waals surface area contributed by atoms with Crippen molar-refractivity contribution in [3.63, 3.8) is 0 Å². The van der Waals surface area contributed by atoms with Crippen molar-refractivity contribution in [3.8, 4) is 5.75 Å². The summed E-state index contributed by atoms with van der Waals surface area (Å²) in [5, 5.41) is 8.97. The fourth-order valence-electron chi connectivity index (χ4n) is 4.98. The van der Waals surface area contributed by atoms with Crippen molar-refractivity contribution in [1.82, 2.24) is 15.1 Å². The van der Waals surface area contributed by atoms with Gasteiger partial charge in [0.2, 0.25) is 5.91 Å². The Morgan fingerprint density at radius 1 is 0.839 bits per heavy atom. The monoisotopic (exact) mass is 421 g/mol. The molecule has 5 rings (SSSR count). The molecule has 164 valence electrons. The van der Waals surface area contributed by atoms with Crippen LogP contribution < -0.4 is 14.5 Å². The lowest BCUT2D eigenvalue weighted by atomic mass is 9.93. The van der Waals surface area contributed by atoms with E-state index in [1.165, 1.54) is 19.3 Å². The smallest absolute Gasteiger partial charge is 0.233 e. The number of rotatable bonds is 5. The van der Waals surface area contributed by atoms with Crippen LogP contribution in [0.3, 0.4) is 0 Å². The Bertz CT molecular complexity index is 914. The molecule has 7 nitrogen and oxygen atoms in total. The molecule has 0 N–H and O–H groups in total. The molecule has 31 heavy (non-hydrogen) atoms. The SMILES string of the molecule is COc1ccccc1C1(C(=O)N2CCN(c3ccc(N4CCCCC4)nn3)CC2)CC1. The molecule has 7 heteroatoms. The average molecular weight is 422 g/mol. The van der Waals surface area contributed by atoms with Gasteiger partial charge in [0.05, 0.1) is 12.5 Å². The van der Waals surface area contributed by atoms with Gasteiger partial charge in [-0.05, 0) is 50.3 Å². The summed E-state index contributed by atoms with van der Waals surface area (Å²) < 4.78 is 5.54. The van der Waals surface area contributed by atoms with Crippen molar-refractivity contribution >= 4 is 17.5 Å². The maximum Gasteiger partial charge on any atom is 0.233 e. The van der Waals surface area contributed by atoms with E-state index >= 15 is 0 Å². The molecule has 2 aromatic rings. The van der Waals surface area contributed by atoms with Gasteiger partial charge >= 0.3 is 0 Å². The molecule has 2 saturated heterocycles. The van der Waals surface area contributed by atoms with E-state index in [-0.39, 0.29) is 5.91 Å². The third-order valence-corrected chi connectivity index (χ3v) is 6.99. The van der Waals surface area contributed by atoms with Crippen molar-refractivity contribution in [2.45, 2.75) is 37.5 Å². The summed E-state index contributed by atoms with van der Waals surface area (Å²) in [5.41, 5.74) is 0.633. The number of amides is 1. The molecule has 3 fully saturated rings. The maximum absolute atomic E-state index is 13.4. The molecule has 3 aliphatic rings. The lowest BCUT2D eigenvalue weighted by Crippen LogP contribution is -2.51. The molecule has 0 unspecified atom stereocenters. The van der Waals surface area contributed by atoms with Crippen LogP contribution in [0, 0.1) is 0 Å². The van der Waals surface area contributed by atoms with Crippen LogP contribution in [0.2, 0.25) is 0 Å². The maximum atomic E-state index is 13.4. The zero-order valence-corrected chi connectivity index (χ0v) is 18.3. The summed E-state index contributed by atoms with van der Waals surface area (Å²) in [5.74, 6) is 2.93. The van der Waals surface area contributed by atoms with Gasteiger partial charge in [-0.2, -0.15) is 0 Å². The number of aromatic nitrogens is 2. The average Bonchev–Trinajstić information content (AvgIpc) is 3.66. The first kappa shape index (κ1) is 20.1. The van der Waals surface area contributed by atoms with Crippen LogP contribution in [0.15, 0.2) is 36.4 Å². The van der Waals surface area contributed by atoms with E-state index in [0.717, 1.165) is 62.0 Å². The third-order valence-electron chi connectivity index (χ3n) is 6.99. The summed E-state index contributed by atoms with van der Waals surface area (Å²) in [4.78, 5) is 20.0. The van der Waals surface area contributed by atoms with Crippen LogP contribution in [-0.2, 0) is 10.2 Å². The first-order valence-corrected chi connectivity index (χ1v) is 11.5. The Kier molecular flexibility index (Phi) is 5.42. The fraction of sp³-hybridized carbons (Fsp3) is 0.542. The third kappa shape index (κ3) is 3.82. The Morgan fingerprint density at radius 2 is 1.45 bits per heavy atom. The van der Waals surface area contributed by atoms with Gasteiger partial charge in [-0.25, -0.2) is 0 Å². The predicted octanol–water partition coefficient (Wildman–Crippen LogP) is 2.86. The van der Waals surface area contributed by atoms with Gasteiger partial charge in [-0.3, -0.25) is 4.79 Å². The van der Waals surface area contributed by atoms with Crippen LogP contribution in [0.1, 0.15) is 37.7 Å². The lowest BCUT2D eigenvalue weighted by Gasteiger charge is -2.37. The predicted molar refractivity (Wildman–Crippen MR) is 121 cm³/mol. The minimum Gasteiger partial charge on any atom is -0.496 e. The van der Waals surface area contributed by atoms with Gasteiger partial charge in [0.25, 0.3) is 0 Å². The highest BCUT2D eigenvalue weighted by molar-refractivity contribution is 5.92. The lowest BCUT2D eigenvalue weighted by molar-refractivity contribution is -0.134. The largest absolute Gasteiger partial charge is 0.496 e. The van der Waals surface area contributed by atoms with E-state index in [4.69, 9.17) is 4.74 Å². The summed E-state index contributed by atoms with van der Waals surface area (Å²) >= 11 is 0. The molecule has 0 spiro atoms. The van der Waals surface area contributed by atoms with Crippen molar-refractivity contribution < 1.29 is 9.53 Å². The summed E-state index contributed by atoms with van der Waals surface area (Å²) in [6.45, 7) is 5.14. The number of methoxy groups -OCH3 is 1. The van der Waals surface area contributed by atoms with E-state index < -0.39 is 5.41 Å². The van der Waals surface area contributed by atoms with Crippen LogP contribution in [0.25, 0.3) is 0 Å². The Labute approximate surface area is 184 Å². The molecule has 3 heterocycles. The Balaban J connectivity index is 1.22. The van der Waals surface area contributed by atoms with Gasteiger partial charge in [0.1, 0.15) is 5.75 Å². The van der Waals surface area contributed by atoms with Crippen molar-refractivity contribution in [2.75, 3.05) is 56.2 Å². The van der Waals surface area contributed by atoms with E-state index in [0.29, 0.717) is 13.1 Å². The molecule has 1 aromatic heterocycles. The van der Waals surface area contributed by atoms with Gasteiger partial charge in [-0.15, -0.1) is 10.2 Å². The molecule has 1 saturated carbocycles. The van der Waals surface area contributed by atoms with Gasteiger partial charge in [0.15, 0.2) is 11.6 Å². The zero-order chi connectivity index (χ0) is 21.3. The zero-order valence-electron chi connectivity index (χ0n) is 18.3. The van der Waals surface area contributed by atoms with E-state index in [2.05, 4.69) is 32.1 Å². The summed E-state index contributed by atoms with van der Waals surface area (Å²) in [7, 11) is 1.68. The number of carbonyl (C=O) groups is 1. The number of nitrogens with zero attached hydrogens (tertiary/aromatic N) is 5. The van der Waals surface area contributed by atoms with Crippen LogP contribution >= 0.6 is 0 Å². The number of benzene rings is 1. The van der Waals surface area contributed by atoms with Crippen LogP contribution in [0.5, 0.6) is 5.75 Å². The summed E-state index contributed by atoms with van der Waals surface area (Å²) in [6, 6.07) is 12.1. The molecule has 0 radical (unpaired) electrons. The highest BCUT2D eigenvalue weighted by atomic mass is 16.5. The van der Waals surface area contributed by atoms with E-state index in [1.54, 1.807) is 7.11 Å². The molecular formula is C24H31N5O2. The number of para-hydroxylation sites is 1. The first-order valence-electron chi connectivity index (χ1n) is 11.5. The highest BCUT2D eigenvalue weighted by Crippen LogP contribution is 2.52. The molecule has 1 amide bonds. The molecule has 2 aliphatic heterocycles. The first-order chi connectivity index (χ1) is 15.2. The topological polar surface area (TPSA) is 61.8 Å². The summed E-state index contributed by atoms with van der Waals surface area (Å²) in [6.07, 6.45) is 5.57. The Morgan fingerprint density at radius 3 is 2.03 bits per heavy atom. The highest BCUT2D eigenvalue weighted by Gasteiger charge is 2.54. The number of hydrogen-bond acceptors (Lipinski definition) is 6. The second-order valence-corrected chi connectivity index (χ2v) is 8.86. The second kappa shape index (κ2) is 8.36. The van der Waals surface area contributed by atoms with Gasteiger partial charge in [-0.1, -0.05) is 18.2 Å². The molecule has 0 atom stereocenters. The Hall–Kier alpha value is -2.83. The number of piperidine rings is 1. The van der Waals surface area contributed by atoms with Crippen molar-refractivity contribution in [1.29, 1.82) is 0 Å². The number of anilines is 2. The molecule has 1 aliphatic carbocycles. The minimum absolute atomic E-state index is 0.239. The normalized spacial score (nSPS) is 20.5. The number of piperazine rings is 1. The van der Waals surface area contributed by atoms with Crippen LogP contribution in [0.4, 0.5) is 11.6 Å². The fourth-order valence-corrected chi connectivity index (χ4v) is 4.98. The quantitative estimate of drug-likeness (QED) is 0.740. The van der Waals surface area contributed by atoms with Crippen molar-refractivity contribution in [2.24, 2.45) is 0 Å². The van der Waals surface area contributed by atoms with Crippen LogP contribution in [-0.4, -0.2) is 67.4 Å². The molecule has 0 bridgehead atoms. The second-order valence-electron chi connectivity index (χ2n) is 8.86. The van der Waals surface area contributed by atoms with Gasteiger partial charge in [0, 0.05) is 44.8 Å².